The Labute approximate surface area is 104 Å². The fourth-order valence-corrected chi connectivity index (χ4v) is 1.58. The molecule has 0 amide bonds. The molecule has 0 N–H and O–H groups in total. The third kappa shape index (κ3) is 2.49. The standard InChI is InChI=1S/C11H11NO.Br2/c1-8-7-11(13)12(2)10-6-4-3-5-9(8)10;1-2/h3-7H,1-2H3;. The summed E-state index contributed by atoms with van der Waals surface area (Å²) in [5.41, 5.74) is 2.09. The first-order valence-electron chi connectivity index (χ1n) is 4.40. The molecule has 0 unspecified atom stereocenters. The maximum absolute atomic E-state index is 11.4. The van der Waals surface area contributed by atoms with Crippen LogP contribution in [0.5, 0.6) is 0 Å². The Morgan fingerprint density at radius 1 is 1.20 bits per heavy atom. The minimum absolute atomic E-state index is 0.0520. The van der Waals surface area contributed by atoms with Crippen LogP contribution in [0.3, 0.4) is 0 Å². The summed E-state index contributed by atoms with van der Waals surface area (Å²) >= 11 is 5.50. The molecule has 0 saturated heterocycles. The lowest BCUT2D eigenvalue weighted by Crippen LogP contribution is -2.16. The highest BCUT2D eigenvalue weighted by molar-refractivity contribution is 9.93. The number of hydrogen-bond donors (Lipinski definition) is 0. The zero-order chi connectivity index (χ0) is 11.4. The summed E-state index contributed by atoms with van der Waals surface area (Å²) < 4.78 is 1.67. The molecule has 2 nitrogen and oxygen atoms in total. The second-order valence-corrected chi connectivity index (χ2v) is 3.24. The molecule has 1 heterocycles. The van der Waals surface area contributed by atoms with Crippen LogP contribution in [0, 0.1) is 6.92 Å². The molecule has 0 aliphatic carbocycles. The zero-order valence-electron chi connectivity index (χ0n) is 8.50. The van der Waals surface area contributed by atoms with Crippen LogP contribution in [-0.2, 0) is 7.05 Å². The van der Waals surface area contributed by atoms with E-state index in [-0.39, 0.29) is 5.56 Å². The van der Waals surface area contributed by atoms with E-state index >= 15 is 0 Å². The lowest BCUT2D eigenvalue weighted by molar-refractivity contribution is 0.903. The first-order chi connectivity index (χ1) is 7.20. The Kier molecular flexibility index (Phi) is 4.54. The van der Waals surface area contributed by atoms with Gasteiger partial charge in [-0.1, -0.05) is 18.2 Å². The smallest absolute Gasteiger partial charge is 0.251 e. The molecule has 0 aliphatic heterocycles. The van der Waals surface area contributed by atoms with Crippen molar-refractivity contribution in [2.45, 2.75) is 6.92 Å². The van der Waals surface area contributed by atoms with E-state index in [0.29, 0.717) is 0 Å². The van der Waals surface area contributed by atoms with Crippen molar-refractivity contribution in [1.29, 1.82) is 0 Å². The zero-order valence-corrected chi connectivity index (χ0v) is 11.7. The third-order valence-corrected chi connectivity index (χ3v) is 2.36. The number of benzene rings is 1. The van der Waals surface area contributed by atoms with Crippen molar-refractivity contribution in [2.75, 3.05) is 0 Å². The van der Waals surface area contributed by atoms with Gasteiger partial charge >= 0.3 is 0 Å². The van der Waals surface area contributed by atoms with Crippen LogP contribution in [0.15, 0.2) is 35.1 Å². The van der Waals surface area contributed by atoms with Crippen LogP contribution in [0.25, 0.3) is 10.9 Å². The topological polar surface area (TPSA) is 22.0 Å². The number of hydrogen-bond acceptors (Lipinski definition) is 1. The van der Waals surface area contributed by atoms with E-state index in [0.717, 1.165) is 16.5 Å². The van der Waals surface area contributed by atoms with E-state index in [1.54, 1.807) is 17.7 Å². The van der Waals surface area contributed by atoms with Crippen LogP contribution >= 0.6 is 28.3 Å². The number of halogens is 2. The van der Waals surface area contributed by atoms with Gasteiger partial charge in [-0.15, -0.1) is 0 Å². The van der Waals surface area contributed by atoms with Crippen molar-refractivity contribution in [2.24, 2.45) is 7.05 Å². The molecule has 0 aliphatic rings. The molecule has 0 bridgehead atoms. The monoisotopic (exact) mass is 331 g/mol. The molecular weight excluding hydrogens is 322 g/mol. The number of pyridine rings is 1. The Morgan fingerprint density at radius 3 is 2.47 bits per heavy atom. The van der Waals surface area contributed by atoms with E-state index in [9.17, 15) is 4.79 Å². The Hall–Kier alpha value is -0.610. The fourth-order valence-electron chi connectivity index (χ4n) is 1.58. The van der Waals surface area contributed by atoms with Crippen molar-refractivity contribution in [3.63, 3.8) is 0 Å². The summed E-state index contributed by atoms with van der Waals surface area (Å²) in [4.78, 5) is 11.4. The second-order valence-electron chi connectivity index (χ2n) is 3.24. The highest BCUT2D eigenvalue weighted by Gasteiger charge is 2.00. The normalized spacial score (nSPS) is 9.60. The van der Waals surface area contributed by atoms with Crippen molar-refractivity contribution in [3.05, 3.63) is 46.2 Å². The quantitative estimate of drug-likeness (QED) is 0.723. The van der Waals surface area contributed by atoms with Gasteiger partial charge in [0.2, 0.25) is 0 Å². The number of rotatable bonds is 0. The van der Waals surface area contributed by atoms with Crippen LogP contribution in [-0.4, -0.2) is 4.57 Å². The molecule has 0 saturated carbocycles. The van der Waals surface area contributed by atoms with Gasteiger partial charge in [0.05, 0.1) is 5.52 Å². The SMILES string of the molecule is BrBr.Cc1cc(=O)n(C)c2ccccc12. The van der Waals surface area contributed by atoms with Crippen LogP contribution < -0.4 is 5.56 Å². The molecule has 2 rings (SSSR count). The lowest BCUT2D eigenvalue weighted by Gasteiger charge is -2.05. The van der Waals surface area contributed by atoms with Crippen molar-refractivity contribution in [3.8, 4) is 0 Å². The molecule has 80 valence electrons. The highest BCUT2D eigenvalue weighted by atomic mass is 80.9. The highest BCUT2D eigenvalue weighted by Crippen LogP contribution is 2.14. The van der Waals surface area contributed by atoms with Gasteiger partial charge in [0.1, 0.15) is 0 Å². The maximum Gasteiger partial charge on any atom is 0.251 e. The average Bonchev–Trinajstić information content (AvgIpc) is 2.29. The van der Waals surface area contributed by atoms with Gasteiger partial charge < -0.3 is 4.57 Å². The third-order valence-electron chi connectivity index (χ3n) is 2.36. The summed E-state index contributed by atoms with van der Waals surface area (Å²) in [6.07, 6.45) is 0. The lowest BCUT2D eigenvalue weighted by atomic mass is 10.1. The van der Waals surface area contributed by atoms with Gasteiger partial charge in [-0.05, 0) is 18.6 Å². The van der Waals surface area contributed by atoms with E-state index in [2.05, 4.69) is 28.3 Å². The number of aryl methyl sites for hydroxylation is 2. The van der Waals surface area contributed by atoms with Crippen LogP contribution in [0.2, 0.25) is 0 Å². The van der Waals surface area contributed by atoms with Gasteiger partial charge in [0.25, 0.3) is 5.56 Å². The molecule has 1 aromatic carbocycles. The van der Waals surface area contributed by atoms with Gasteiger partial charge in [-0.3, -0.25) is 4.79 Å². The predicted octanol–water partition coefficient (Wildman–Crippen LogP) is 3.54. The van der Waals surface area contributed by atoms with Crippen molar-refractivity contribution < 1.29 is 0 Å². The second kappa shape index (κ2) is 5.47. The van der Waals surface area contributed by atoms with Gasteiger partial charge in [-0.2, -0.15) is 0 Å². The molecule has 0 radical (unpaired) electrons. The molecule has 0 fully saturated rings. The van der Waals surface area contributed by atoms with Gasteiger partial charge in [0, 0.05) is 46.8 Å². The van der Waals surface area contributed by atoms with Crippen LogP contribution in [0.4, 0.5) is 0 Å². The largest absolute Gasteiger partial charge is 0.311 e. The number of aromatic nitrogens is 1. The van der Waals surface area contributed by atoms with Crippen molar-refractivity contribution >= 4 is 39.2 Å². The average molecular weight is 333 g/mol. The number of fused-ring (bicyclic) bond motifs is 1. The molecule has 2 aromatic rings. The van der Waals surface area contributed by atoms with E-state index in [1.807, 2.05) is 31.2 Å². The molecule has 0 spiro atoms. The van der Waals surface area contributed by atoms with Crippen LogP contribution in [0.1, 0.15) is 5.56 Å². The van der Waals surface area contributed by atoms with Gasteiger partial charge in [0.15, 0.2) is 0 Å². The predicted molar refractivity (Wildman–Crippen MR) is 71.8 cm³/mol. The summed E-state index contributed by atoms with van der Waals surface area (Å²) in [6, 6.07) is 9.59. The Balaban J connectivity index is 0.000000531. The maximum atomic E-state index is 11.4. The summed E-state index contributed by atoms with van der Waals surface area (Å²) in [5, 5.41) is 1.14. The molecule has 4 heteroatoms. The minimum atomic E-state index is 0.0520. The number of nitrogens with zero attached hydrogens (tertiary/aromatic N) is 1. The Bertz CT molecular complexity index is 519. The first kappa shape index (κ1) is 12.5. The molecule has 1 aromatic heterocycles. The van der Waals surface area contributed by atoms with Crippen molar-refractivity contribution in [1.82, 2.24) is 4.57 Å². The fraction of sp³-hybridized carbons (Fsp3) is 0.182. The minimum Gasteiger partial charge on any atom is -0.311 e. The summed E-state index contributed by atoms with van der Waals surface area (Å²) in [5.74, 6) is 0. The van der Waals surface area contributed by atoms with E-state index < -0.39 is 0 Å². The first-order valence-corrected chi connectivity index (χ1v) is 8.11. The summed E-state index contributed by atoms with van der Waals surface area (Å²) in [6.45, 7) is 1.96. The summed E-state index contributed by atoms with van der Waals surface area (Å²) in [7, 11) is 1.80. The molecule has 0 atom stereocenters. The molecular formula is C11H11Br2NO. The van der Waals surface area contributed by atoms with Gasteiger partial charge in [-0.25, -0.2) is 0 Å². The van der Waals surface area contributed by atoms with E-state index in [4.69, 9.17) is 0 Å². The number of para-hydroxylation sites is 1. The Morgan fingerprint density at radius 2 is 1.80 bits per heavy atom. The van der Waals surface area contributed by atoms with E-state index in [1.165, 1.54) is 0 Å². The molecule has 15 heavy (non-hydrogen) atoms.